The van der Waals surface area contributed by atoms with Gasteiger partial charge in [-0.3, -0.25) is 4.68 Å². The minimum absolute atomic E-state index is 0.00417. The molecule has 4 rings (SSSR count). The summed E-state index contributed by atoms with van der Waals surface area (Å²) in [6, 6.07) is 17.6. The summed E-state index contributed by atoms with van der Waals surface area (Å²) >= 11 is 0. The number of aromatic nitrogens is 2. The van der Waals surface area contributed by atoms with Crippen LogP contribution in [0, 0.1) is 0 Å². The number of rotatable bonds is 7. The van der Waals surface area contributed by atoms with Gasteiger partial charge in [0, 0.05) is 24.2 Å². The van der Waals surface area contributed by atoms with Crippen LogP contribution in [0.2, 0.25) is 0 Å². The number of hydrogen-bond acceptors (Lipinski definition) is 6. The van der Waals surface area contributed by atoms with E-state index in [4.69, 9.17) is 9.47 Å². The van der Waals surface area contributed by atoms with Crippen molar-refractivity contribution in [1.82, 2.24) is 14.1 Å². The van der Waals surface area contributed by atoms with Gasteiger partial charge in [-0.25, -0.2) is 13.2 Å². The summed E-state index contributed by atoms with van der Waals surface area (Å²) in [6.07, 6.45) is 1.20. The van der Waals surface area contributed by atoms with E-state index in [0.717, 1.165) is 5.69 Å². The first-order valence-electron chi connectivity index (χ1n) is 12.2. The lowest BCUT2D eigenvalue weighted by molar-refractivity contribution is 0.0517. The number of nitrogens with zero attached hydrogens (tertiary/aromatic N) is 3. The quantitative estimate of drug-likeness (QED) is 0.406. The van der Waals surface area contributed by atoms with Gasteiger partial charge in [-0.1, -0.05) is 39.0 Å². The number of carbonyl (C=O) groups is 1. The molecule has 3 aromatic rings. The summed E-state index contributed by atoms with van der Waals surface area (Å²) in [4.78, 5) is 12.5. The van der Waals surface area contributed by atoms with Crippen molar-refractivity contribution in [2.45, 2.75) is 56.9 Å². The van der Waals surface area contributed by atoms with E-state index in [0.29, 0.717) is 37.4 Å². The molecule has 1 aliphatic heterocycles. The summed E-state index contributed by atoms with van der Waals surface area (Å²) in [5.41, 5.74) is 0.986. The lowest BCUT2D eigenvalue weighted by Crippen LogP contribution is -2.40. The monoisotopic (exact) mass is 511 g/mol. The highest BCUT2D eigenvalue weighted by Crippen LogP contribution is 2.32. The SMILES string of the molecule is CCOC(=O)c1cc(C(C)(C)C)n(C2CCN(S(=O)(=O)c3ccc(Oc4ccccc4)cc3)CC2)n1. The Balaban J connectivity index is 1.46. The van der Waals surface area contributed by atoms with Crippen molar-refractivity contribution < 1.29 is 22.7 Å². The molecule has 0 spiro atoms. The van der Waals surface area contributed by atoms with Crippen molar-refractivity contribution in [3.63, 3.8) is 0 Å². The minimum Gasteiger partial charge on any atom is -0.461 e. The van der Waals surface area contributed by atoms with E-state index in [2.05, 4.69) is 25.9 Å². The fraction of sp³-hybridized carbons (Fsp3) is 0.407. The third kappa shape index (κ3) is 5.63. The van der Waals surface area contributed by atoms with Gasteiger partial charge in [-0.05, 0) is 62.2 Å². The molecule has 192 valence electrons. The second kappa shape index (κ2) is 10.4. The molecule has 0 bridgehead atoms. The molecule has 36 heavy (non-hydrogen) atoms. The Hall–Kier alpha value is -3.17. The highest BCUT2D eigenvalue weighted by atomic mass is 32.2. The number of sulfonamides is 1. The topological polar surface area (TPSA) is 90.7 Å². The van der Waals surface area contributed by atoms with Gasteiger partial charge in [-0.15, -0.1) is 0 Å². The first-order valence-corrected chi connectivity index (χ1v) is 13.6. The average Bonchev–Trinajstić information content (AvgIpc) is 3.32. The first-order chi connectivity index (χ1) is 17.1. The summed E-state index contributed by atoms with van der Waals surface area (Å²) in [5.74, 6) is 0.820. The lowest BCUT2D eigenvalue weighted by Gasteiger charge is -2.33. The summed E-state index contributed by atoms with van der Waals surface area (Å²) < 4.78 is 40.9. The highest BCUT2D eigenvalue weighted by molar-refractivity contribution is 7.89. The summed E-state index contributed by atoms with van der Waals surface area (Å²) in [6.45, 7) is 8.99. The van der Waals surface area contributed by atoms with Crippen molar-refractivity contribution in [3.05, 3.63) is 72.1 Å². The molecular weight excluding hydrogens is 478 g/mol. The van der Waals surface area contributed by atoms with E-state index in [1.165, 1.54) is 4.31 Å². The Bertz CT molecular complexity index is 1290. The van der Waals surface area contributed by atoms with Crippen LogP contribution in [0.5, 0.6) is 11.5 Å². The van der Waals surface area contributed by atoms with Crippen LogP contribution in [0.3, 0.4) is 0 Å². The fourth-order valence-corrected chi connectivity index (χ4v) is 5.79. The third-order valence-electron chi connectivity index (χ3n) is 6.20. The molecule has 0 aliphatic carbocycles. The van der Waals surface area contributed by atoms with Crippen molar-refractivity contribution in [2.24, 2.45) is 0 Å². The number of ether oxygens (including phenoxy) is 2. The number of esters is 1. The van der Waals surface area contributed by atoms with Crippen LogP contribution in [0.1, 0.15) is 62.8 Å². The van der Waals surface area contributed by atoms with E-state index in [-0.39, 0.29) is 28.7 Å². The molecule has 8 nitrogen and oxygen atoms in total. The van der Waals surface area contributed by atoms with Crippen molar-refractivity contribution in [2.75, 3.05) is 19.7 Å². The number of para-hydroxylation sites is 1. The largest absolute Gasteiger partial charge is 0.461 e. The number of hydrogen-bond donors (Lipinski definition) is 0. The zero-order chi connectivity index (χ0) is 25.9. The molecule has 1 aliphatic rings. The highest BCUT2D eigenvalue weighted by Gasteiger charge is 2.33. The van der Waals surface area contributed by atoms with Crippen LogP contribution >= 0.6 is 0 Å². The van der Waals surface area contributed by atoms with Gasteiger partial charge in [0.05, 0.1) is 17.5 Å². The zero-order valence-corrected chi connectivity index (χ0v) is 22.0. The molecule has 0 radical (unpaired) electrons. The molecule has 0 amide bonds. The Morgan fingerprint density at radius 2 is 1.61 bits per heavy atom. The van der Waals surface area contributed by atoms with Crippen LogP contribution < -0.4 is 4.74 Å². The van der Waals surface area contributed by atoms with E-state index >= 15 is 0 Å². The van der Waals surface area contributed by atoms with Crippen LogP contribution in [0.25, 0.3) is 0 Å². The van der Waals surface area contributed by atoms with Crippen molar-refractivity contribution in [3.8, 4) is 11.5 Å². The molecule has 2 heterocycles. The summed E-state index contributed by atoms with van der Waals surface area (Å²) in [5, 5.41) is 4.57. The van der Waals surface area contributed by atoms with Gasteiger partial charge in [-0.2, -0.15) is 9.40 Å². The first kappa shape index (κ1) is 25.9. The Kier molecular flexibility index (Phi) is 7.51. The molecule has 1 aromatic heterocycles. The lowest BCUT2D eigenvalue weighted by atomic mass is 9.91. The van der Waals surface area contributed by atoms with E-state index in [1.54, 1.807) is 37.3 Å². The molecule has 1 fully saturated rings. The van der Waals surface area contributed by atoms with Crippen LogP contribution in [-0.4, -0.2) is 48.2 Å². The normalized spacial score (nSPS) is 15.6. The second-order valence-electron chi connectivity index (χ2n) is 9.85. The summed E-state index contributed by atoms with van der Waals surface area (Å²) in [7, 11) is -3.64. The maximum absolute atomic E-state index is 13.3. The van der Waals surface area contributed by atoms with Crippen molar-refractivity contribution >= 4 is 16.0 Å². The molecule has 1 saturated heterocycles. The van der Waals surface area contributed by atoms with Gasteiger partial charge < -0.3 is 9.47 Å². The Labute approximate surface area is 212 Å². The molecule has 2 aromatic carbocycles. The van der Waals surface area contributed by atoms with Crippen molar-refractivity contribution in [1.29, 1.82) is 0 Å². The van der Waals surface area contributed by atoms with Gasteiger partial charge in [0.2, 0.25) is 10.0 Å². The third-order valence-corrected chi connectivity index (χ3v) is 8.11. The van der Waals surface area contributed by atoms with Crippen LogP contribution in [-0.2, 0) is 20.2 Å². The molecule has 0 atom stereocenters. The molecule has 9 heteroatoms. The van der Waals surface area contributed by atoms with Gasteiger partial charge in [0.25, 0.3) is 0 Å². The number of carbonyl (C=O) groups excluding carboxylic acids is 1. The smallest absolute Gasteiger partial charge is 0.358 e. The predicted molar refractivity (Wildman–Crippen MR) is 137 cm³/mol. The average molecular weight is 512 g/mol. The van der Waals surface area contributed by atoms with Gasteiger partial charge in [0.15, 0.2) is 5.69 Å². The maximum Gasteiger partial charge on any atom is 0.358 e. The number of piperidine rings is 1. The Morgan fingerprint density at radius 1 is 1.00 bits per heavy atom. The van der Waals surface area contributed by atoms with Crippen LogP contribution in [0.4, 0.5) is 0 Å². The molecule has 0 unspecified atom stereocenters. The Morgan fingerprint density at radius 3 is 2.19 bits per heavy atom. The zero-order valence-electron chi connectivity index (χ0n) is 21.2. The predicted octanol–water partition coefficient (Wildman–Crippen LogP) is 5.18. The van der Waals surface area contributed by atoms with E-state index < -0.39 is 16.0 Å². The number of benzene rings is 2. The molecule has 0 saturated carbocycles. The maximum atomic E-state index is 13.3. The second-order valence-corrected chi connectivity index (χ2v) is 11.8. The van der Waals surface area contributed by atoms with Crippen LogP contribution in [0.15, 0.2) is 65.6 Å². The molecular formula is C27H33N3O5S. The molecule has 0 N–H and O–H groups in total. The van der Waals surface area contributed by atoms with Gasteiger partial charge in [0.1, 0.15) is 11.5 Å². The van der Waals surface area contributed by atoms with E-state index in [9.17, 15) is 13.2 Å². The van der Waals surface area contributed by atoms with E-state index in [1.807, 2.05) is 35.0 Å². The minimum atomic E-state index is -3.64. The van der Waals surface area contributed by atoms with Gasteiger partial charge >= 0.3 is 5.97 Å². The standard InChI is InChI=1S/C27H33N3O5S/c1-5-34-26(31)24-19-25(27(2,3)4)30(28-24)20-15-17-29(18-16-20)36(32,33)23-13-11-22(12-14-23)35-21-9-7-6-8-10-21/h6-14,19-20H,5,15-18H2,1-4H3. The fourth-order valence-electron chi connectivity index (χ4n) is 4.32.